The summed E-state index contributed by atoms with van der Waals surface area (Å²) in [5.41, 5.74) is 5.74. The van der Waals surface area contributed by atoms with Gasteiger partial charge >= 0.3 is 0 Å². The molecule has 0 amide bonds. The van der Waals surface area contributed by atoms with Gasteiger partial charge in [0.2, 0.25) is 0 Å². The fraction of sp³-hybridized carbons (Fsp3) is 1.00. The van der Waals surface area contributed by atoms with Gasteiger partial charge in [0.05, 0.1) is 0 Å². The van der Waals surface area contributed by atoms with Crippen LogP contribution in [0.5, 0.6) is 0 Å². The van der Waals surface area contributed by atoms with Gasteiger partial charge in [-0.3, -0.25) is 0 Å². The van der Waals surface area contributed by atoms with Crippen molar-refractivity contribution < 1.29 is 0 Å². The van der Waals surface area contributed by atoms with E-state index >= 15 is 0 Å². The maximum Gasteiger partial charge on any atom is 0.0213 e. The van der Waals surface area contributed by atoms with Gasteiger partial charge in [0.25, 0.3) is 0 Å². The summed E-state index contributed by atoms with van der Waals surface area (Å²) in [6.07, 6.45) is 2.66. The molecule has 15 heavy (non-hydrogen) atoms. The van der Waals surface area contributed by atoms with Crippen LogP contribution in [-0.2, 0) is 0 Å². The van der Waals surface area contributed by atoms with Gasteiger partial charge < -0.3 is 16.0 Å². The number of likely N-dealkylation sites (tertiary alicyclic amines) is 1. The summed E-state index contributed by atoms with van der Waals surface area (Å²) in [6, 6.07) is 0.490. The van der Waals surface area contributed by atoms with E-state index in [1.165, 1.54) is 25.9 Å². The van der Waals surface area contributed by atoms with Crippen LogP contribution in [0.3, 0.4) is 0 Å². The summed E-state index contributed by atoms with van der Waals surface area (Å²) < 4.78 is 0. The minimum Gasteiger partial charge on any atom is -0.329 e. The second-order valence-electron chi connectivity index (χ2n) is 5.24. The fourth-order valence-electron chi connectivity index (χ4n) is 2.18. The first-order valence-electron chi connectivity index (χ1n) is 6.25. The molecule has 1 fully saturated rings. The van der Waals surface area contributed by atoms with Crippen LogP contribution in [0.4, 0.5) is 0 Å². The van der Waals surface area contributed by atoms with Crippen molar-refractivity contribution in [3.63, 3.8) is 0 Å². The highest BCUT2D eigenvalue weighted by molar-refractivity contribution is 4.76. The molecule has 90 valence electrons. The first kappa shape index (κ1) is 12.9. The number of hydrogen-bond acceptors (Lipinski definition) is 3. The highest BCUT2D eigenvalue weighted by Crippen LogP contribution is 2.15. The predicted molar refractivity (Wildman–Crippen MR) is 65.9 cm³/mol. The van der Waals surface area contributed by atoms with Crippen LogP contribution in [0.1, 0.15) is 26.7 Å². The van der Waals surface area contributed by atoms with Crippen LogP contribution >= 0.6 is 0 Å². The maximum atomic E-state index is 5.74. The number of nitrogens with two attached hydrogens (primary N) is 1. The zero-order chi connectivity index (χ0) is 11.3. The van der Waals surface area contributed by atoms with Crippen LogP contribution in [0.15, 0.2) is 0 Å². The molecule has 1 aliphatic heterocycles. The van der Waals surface area contributed by atoms with E-state index in [0.717, 1.165) is 19.0 Å². The summed E-state index contributed by atoms with van der Waals surface area (Å²) in [7, 11) is 2.21. The quantitative estimate of drug-likeness (QED) is 0.713. The molecule has 1 rings (SSSR count). The molecule has 1 saturated heterocycles. The zero-order valence-electron chi connectivity index (χ0n) is 10.5. The van der Waals surface area contributed by atoms with E-state index in [-0.39, 0.29) is 0 Å². The van der Waals surface area contributed by atoms with Crippen LogP contribution in [0.25, 0.3) is 0 Å². The van der Waals surface area contributed by atoms with E-state index in [1.807, 2.05) is 0 Å². The van der Waals surface area contributed by atoms with Gasteiger partial charge in [0, 0.05) is 12.6 Å². The summed E-state index contributed by atoms with van der Waals surface area (Å²) in [6.45, 7) is 8.87. The van der Waals surface area contributed by atoms with Crippen molar-refractivity contribution in [2.75, 3.05) is 33.2 Å². The van der Waals surface area contributed by atoms with Crippen LogP contribution in [-0.4, -0.2) is 44.2 Å². The Labute approximate surface area is 94.4 Å². The highest BCUT2D eigenvalue weighted by atomic mass is 15.1. The summed E-state index contributed by atoms with van der Waals surface area (Å²) in [4.78, 5) is 2.42. The molecular formula is C12H27N3. The third kappa shape index (κ3) is 4.49. The second kappa shape index (κ2) is 6.46. The van der Waals surface area contributed by atoms with E-state index in [1.54, 1.807) is 0 Å². The van der Waals surface area contributed by atoms with Crippen molar-refractivity contribution in [2.24, 2.45) is 17.6 Å². The second-order valence-corrected chi connectivity index (χ2v) is 5.24. The molecule has 0 saturated carbocycles. The Morgan fingerprint density at radius 3 is 2.40 bits per heavy atom. The van der Waals surface area contributed by atoms with Crippen molar-refractivity contribution in [3.05, 3.63) is 0 Å². The molecule has 0 aromatic carbocycles. The molecule has 1 aliphatic rings. The van der Waals surface area contributed by atoms with Gasteiger partial charge in [-0.1, -0.05) is 13.8 Å². The smallest absolute Gasteiger partial charge is 0.0213 e. The number of rotatable bonds is 5. The maximum absolute atomic E-state index is 5.74. The van der Waals surface area contributed by atoms with Gasteiger partial charge in [-0.15, -0.1) is 0 Å². The Morgan fingerprint density at radius 1 is 1.33 bits per heavy atom. The van der Waals surface area contributed by atoms with Crippen LogP contribution in [0.2, 0.25) is 0 Å². The largest absolute Gasteiger partial charge is 0.329 e. The Morgan fingerprint density at radius 2 is 1.93 bits per heavy atom. The SMILES string of the molecule is CC(C)C(CN)NCC1CCN(C)CC1. The Balaban J connectivity index is 2.18. The van der Waals surface area contributed by atoms with Gasteiger partial charge in [-0.2, -0.15) is 0 Å². The van der Waals surface area contributed by atoms with E-state index < -0.39 is 0 Å². The first-order chi connectivity index (χ1) is 7.13. The standard InChI is InChI=1S/C12H27N3/c1-10(2)12(8-13)14-9-11-4-6-15(3)7-5-11/h10-12,14H,4-9,13H2,1-3H3. The minimum absolute atomic E-state index is 0.490. The zero-order valence-corrected chi connectivity index (χ0v) is 10.5. The summed E-state index contributed by atoms with van der Waals surface area (Å²) >= 11 is 0. The monoisotopic (exact) mass is 213 g/mol. The number of piperidine rings is 1. The van der Waals surface area contributed by atoms with Crippen LogP contribution < -0.4 is 11.1 Å². The van der Waals surface area contributed by atoms with Crippen molar-refractivity contribution in [1.29, 1.82) is 0 Å². The molecule has 3 N–H and O–H groups in total. The number of hydrogen-bond donors (Lipinski definition) is 2. The third-order valence-electron chi connectivity index (χ3n) is 3.57. The van der Waals surface area contributed by atoms with Crippen molar-refractivity contribution >= 4 is 0 Å². The average molecular weight is 213 g/mol. The molecule has 0 radical (unpaired) electrons. The highest BCUT2D eigenvalue weighted by Gasteiger charge is 2.18. The summed E-state index contributed by atoms with van der Waals surface area (Å²) in [5, 5.41) is 3.61. The van der Waals surface area contributed by atoms with Crippen molar-refractivity contribution in [1.82, 2.24) is 10.2 Å². The van der Waals surface area contributed by atoms with E-state index in [4.69, 9.17) is 5.73 Å². The molecule has 3 heteroatoms. The van der Waals surface area contributed by atoms with Crippen molar-refractivity contribution in [2.45, 2.75) is 32.7 Å². The number of nitrogens with zero attached hydrogens (tertiary/aromatic N) is 1. The van der Waals surface area contributed by atoms with Gasteiger partial charge in [-0.25, -0.2) is 0 Å². The average Bonchev–Trinajstić information content (AvgIpc) is 2.21. The lowest BCUT2D eigenvalue weighted by Crippen LogP contribution is -2.44. The van der Waals surface area contributed by atoms with E-state index in [0.29, 0.717) is 12.0 Å². The van der Waals surface area contributed by atoms with Gasteiger partial charge in [0.15, 0.2) is 0 Å². The molecule has 0 aliphatic carbocycles. The lowest BCUT2D eigenvalue weighted by Gasteiger charge is -2.31. The molecule has 0 aromatic rings. The molecule has 1 atom stereocenters. The van der Waals surface area contributed by atoms with Gasteiger partial charge in [0.1, 0.15) is 0 Å². The number of nitrogens with one attached hydrogen (secondary N) is 1. The van der Waals surface area contributed by atoms with Gasteiger partial charge in [-0.05, 0) is 51.4 Å². The molecular weight excluding hydrogens is 186 g/mol. The topological polar surface area (TPSA) is 41.3 Å². The van der Waals surface area contributed by atoms with E-state index in [9.17, 15) is 0 Å². The Kier molecular flexibility index (Phi) is 5.58. The minimum atomic E-state index is 0.490. The fourth-order valence-corrected chi connectivity index (χ4v) is 2.18. The predicted octanol–water partition coefficient (Wildman–Crippen LogP) is 0.901. The Hall–Kier alpha value is -0.120. The molecule has 0 spiro atoms. The molecule has 0 aromatic heterocycles. The lowest BCUT2D eigenvalue weighted by molar-refractivity contribution is 0.209. The van der Waals surface area contributed by atoms with E-state index in [2.05, 4.69) is 31.1 Å². The first-order valence-corrected chi connectivity index (χ1v) is 6.25. The Bertz CT molecular complexity index is 162. The van der Waals surface area contributed by atoms with Crippen molar-refractivity contribution in [3.8, 4) is 0 Å². The third-order valence-corrected chi connectivity index (χ3v) is 3.57. The lowest BCUT2D eigenvalue weighted by atomic mass is 9.96. The normalized spacial score (nSPS) is 22.2. The van der Waals surface area contributed by atoms with Crippen LogP contribution in [0, 0.1) is 11.8 Å². The molecule has 3 nitrogen and oxygen atoms in total. The molecule has 0 bridgehead atoms. The molecule has 1 heterocycles. The molecule has 1 unspecified atom stereocenters. The summed E-state index contributed by atoms with van der Waals surface area (Å²) in [5.74, 6) is 1.50.